The number of hydrogen-bond donors (Lipinski definition) is 1. The summed E-state index contributed by atoms with van der Waals surface area (Å²) in [5, 5.41) is 0.234. The zero-order chi connectivity index (χ0) is 5.98. The van der Waals surface area contributed by atoms with Crippen molar-refractivity contribution < 1.29 is 29.6 Å². The summed E-state index contributed by atoms with van der Waals surface area (Å²) >= 11 is 4.53. The SMILES string of the molecule is O=c1ccnc([S-])[nH]1.[Na+]. The average Bonchev–Trinajstić information content (AvgIpc) is 1.64. The van der Waals surface area contributed by atoms with Gasteiger partial charge in [-0.15, -0.1) is 0 Å². The maximum absolute atomic E-state index is 10.3. The second-order valence-corrected chi connectivity index (χ2v) is 1.63. The Morgan fingerprint density at radius 1 is 1.67 bits per heavy atom. The Labute approximate surface area is 79.6 Å². The number of nitrogens with zero attached hydrogens (tertiary/aromatic N) is 1. The van der Waals surface area contributed by atoms with Crippen LogP contribution in [0.1, 0.15) is 0 Å². The van der Waals surface area contributed by atoms with Crippen molar-refractivity contribution in [1.82, 2.24) is 9.97 Å². The summed E-state index contributed by atoms with van der Waals surface area (Å²) in [4.78, 5) is 16.2. The number of hydrogen-bond acceptors (Lipinski definition) is 3. The molecule has 1 N–H and O–H groups in total. The van der Waals surface area contributed by atoms with Gasteiger partial charge in [0.15, 0.2) is 0 Å². The zero-order valence-corrected chi connectivity index (χ0v) is 7.73. The molecule has 0 bridgehead atoms. The standard InChI is InChI=1S/C4H4N2OS.Na/c7-3-1-2-5-4(8)6-3;/h1-2H,(H2,5,6,7,8);/q;+1/p-1. The quantitative estimate of drug-likeness (QED) is 0.239. The molecule has 1 aromatic rings. The van der Waals surface area contributed by atoms with Crippen molar-refractivity contribution >= 4 is 12.6 Å². The van der Waals surface area contributed by atoms with Crippen molar-refractivity contribution in [3.05, 3.63) is 22.6 Å². The Kier molecular flexibility index (Phi) is 4.05. The molecular weight excluding hydrogens is 147 g/mol. The molecule has 0 radical (unpaired) electrons. The minimum atomic E-state index is -0.204. The Balaban J connectivity index is 0.000000640. The van der Waals surface area contributed by atoms with Crippen molar-refractivity contribution in [2.75, 3.05) is 0 Å². The molecule has 0 unspecified atom stereocenters. The van der Waals surface area contributed by atoms with Crippen LogP contribution < -0.4 is 35.1 Å². The van der Waals surface area contributed by atoms with Crippen molar-refractivity contribution in [2.45, 2.75) is 5.16 Å². The van der Waals surface area contributed by atoms with E-state index in [0.717, 1.165) is 0 Å². The van der Waals surface area contributed by atoms with E-state index in [-0.39, 0.29) is 40.3 Å². The molecule has 5 heteroatoms. The first-order valence-corrected chi connectivity index (χ1v) is 2.42. The maximum Gasteiger partial charge on any atom is 1.00 e. The summed E-state index contributed by atoms with van der Waals surface area (Å²) in [6.07, 6.45) is 1.38. The summed E-state index contributed by atoms with van der Waals surface area (Å²) < 4.78 is 0. The molecule has 0 fully saturated rings. The summed E-state index contributed by atoms with van der Waals surface area (Å²) in [6, 6.07) is 1.32. The van der Waals surface area contributed by atoms with Crippen molar-refractivity contribution in [2.24, 2.45) is 0 Å². The predicted molar refractivity (Wildman–Crippen MR) is 30.5 cm³/mol. The van der Waals surface area contributed by atoms with Crippen LogP contribution in [0.2, 0.25) is 0 Å². The van der Waals surface area contributed by atoms with E-state index < -0.39 is 0 Å². The first kappa shape index (κ1) is 9.10. The van der Waals surface area contributed by atoms with Crippen LogP contribution in [0.3, 0.4) is 0 Å². The van der Waals surface area contributed by atoms with Gasteiger partial charge in [-0.3, -0.25) is 9.78 Å². The third-order valence-corrected chi connectivity index (χ3v) is 0.855. The molecule has 3 nitrogen and oxygen atoms in total. The van der Waals surface area contributed by atoms with Gasteiger partial charge >= 0.3 is 29.6 Å². The van der Waals surface area contributed by atoms with Gasteiger partial charge < -0.3 is 17.6 Å². The minimum absolute atomic E-state index is 0. The first-order chi connectivity index (χ1) is 3.79. The second-order valence-electron chi connectivity index (χ2n) is 1.24. The average molecular weight is 150 g/mol. The van der Waals surface area contributed by atoms with Crippen molar-refractivity contribution in [3.8, 4) is 0 Å². The van der Waals surface area contributed by atoms with Gasteiger partial charge in [0.05, 0.1) is 0 Å². The third-order valence-electron chi connectivity index (χ3n) is 0.648. The van der Waals surface area contributed by atoms with E-state index in [0.29, 0.717) is 0 Å². The monoisotopic (exact) mass is 150 g/mol. The molecule has 42 valence electrons. The number of H-pyrrole nitrogens is 1. The molecule has 0 spiro atoms. The Morgan fingerprint density at radius 3 is 2.67 bits per heavy atom. The zero-order valence-electron chi connectivity index (χ0n) is 4.92. The van der Waals surface area contributed by atoms with E-state index in [1.54, 1.807) is 0 Å². The van der Waals surface area contributed by atoms with E-state index in [1.165, 1.54) is 12.3 Å². The number of nitrogens with one attached hydrogen (secondary N) is 1. The molecule has 0 amide bonds. The fourth-order valence-electron chi connectivity index (χ4n) is 0.352. The van der Waals surface area contributed by atoms with Gasteiger partial charge in [-0.1, -0.05) is 0 Å². The third kappa shape index (κ3) is 2.95. The molecule has 0 aliphatic rings. The van der Waals surface area contributed by atoms with Gasteiger partial charge in [0.25, 0.3) is 0 Å². The van der Waals surface area contributed by atoms with E-state index >= 15 is 0 Å². The summed E-state index contributed by atoms with van der Waals surface area (Å²) in [5.74, 6) is 0. The Morgan fingerprint density at radius 2 is 2.33 bits per heavy atom. The van der Waals surface area contributed by atoms with Crippen molar-refractivity contribution in [3.63, 3.8) is 0 Å². The molecule has 1 heterocycles. The van der Waals surface area contributed by atoms with Crippen LogP contribution >= 0.6 is 0 Å². The summed E-state index contributed by atoms with van der Waals surface area (Å²) in [6.45, 7) is 0. The van der Waals surface area contributed by atoms with Gasteiger partial charge in [0.1, 0.15) is 0 Å². The molecule has 0 saturated heterocycles. The van der Waals surface area contributed by atoms with Gasteiger partial charge in [-0.2, -0.15) is 0 Å². The second kappa shape index (κ2) is 4.00. The number of aromatic nitrogens is 2. The Hall–Kier alpha value is 0.1000. The minimum Gasteiger partial charge on any atom is -0.742 e. The van der Waals surface area contributed by atoms with Gasteiger partial charge in [0.2, 0.25) is 5.56 Å². The van der Waals surface area contributed by atoms with Crippen LogP contribution in [0.4, 0.5) is 0 Å². The first-order valence-electron chi connectivity index (χ1n) is 2.01. The van der Waals surface area contributed by atoms with Crippen molar-refractivity contribution in [1.29, 1.82) is 0 Å². The van der Waals surface area contributed by atoms with E-state index in [4.69, 9.17) is 0 Å². The van der Waals surface area contributed by atoms with E-state index in [1.807, 2.05) is 0 Å². The van der Waals surface area contributed by atoms with Crippen LogP contribution in [-0.4, -0.2) is 9.97 Å². The van der Waals surface area contributed by atoms with Gasteiger partial charge in [0, 0.05) is 12.3 Å². The summed E-state index contributed by atoms with van der Waals surface area (Å²) in [5.41, 5.74) is -0.204. The molecule has 0 atom stereocenters. The van der Waals surface area contributed by atoms with Crippen LogP contribution in [0.15, 0.2) is 22.2 Å². The largest absolute Gasteiger partial charge is 1.00 e. The van der Waals surface area contributed by atoms with Crippen LogP contribution in [-0.2, 0) is 12.6 Å². The maximum atomic E-state index is 10.3. The van der Waals surface area contributed by atoms with Gasteiger partial charge in [-0.05, 0) is 5.16 Å². The Bertz CT molecular complexity index is 236. The van der Waals surface area contributed by atoms with Crippen LogP contribution in [0.5, 0.6) is 0 Å². The number of rotatable bonds is 0. The molecule has 1 rings (SSSR count). The van der Waals surface area contributed by atoms with Crippen LogP contribution in [0, 0.1) is 0 Å². The number of aromatic amines is 1. The molecule has 1 aromatic heterocycles. The van der Waals surface area contributed by atoms with E-state index in [9.17, 15) is 4.79 Å². The molecule has 0 saturated carbocycles. The van der Waals surface area contributed by atoms with E-state index in [2.05, 4.69) is 22.6 Å². The molecule has 0 aromatic carbocycles. The normalized spacial score (nSPS) is 8.00. The molecule has 0 aliphatic carbocycles. The fraction of sp³-hybridized carbons (Fsp3) is 0. The topological polar surface area (TPSA) is 45.8 Å². The fourth-order valence-corrected chi connectivity index (χ4v) is 0.513. The smallest absolute Gasteiger partial charge is 0.742 e. The molecule has 0 aliphatic heterocycles. The van der Waals surface area contributed by atoms with Crippen LogP contribution in [0.25, 0.3) is 0 Å². The van der Waals surface area contributed by atoms with Gasteiger partial charge in [-0.25, -0.2) is 0 Å². The predicted octanol–water partition coefficient (Wildman–Crippen LogP) is -3.32. The molecular formula is C4H3N2NaOS. The summed E-state index contributed by atoms with van der Waals surface area (Å²) in [7, 11) is 0. The molecule has 9 heavy (non-hydrogen) atoms.